The first-order chi connectivity index (χ1) is 12.9. The van der Waals surface area contributed by atoms with E-state index in [-0.39, 0.29) is 11.8 Å². The monoisotopic (exact) mass is 370 g/mol. The van der Waals surface area contributed by atoms with Gasteiger partial charge in [-0.05, 0) is 12.0 Å². The third kappa shape index (κ3) is 7.25. The molecule has 0 spiro atoms. The van der Waals surface area contributed by atoms with Crippen LogP contribution in [0.25, 0.3) is 0 Å². The number of amides is 2. The molecule has 1 heterocycles. The van der Waals surface area contributed by atoms with Crippen LogP contribution in [-0.4, -0.2) is 34.5 Å². The quantitative estimate of drug-likeness (QED) is 0.666. The molecule has 2 aromatic rings. The van der Waals surface area contributed by atoms with Gasteiger partial charge in [-0.3, -0.25) is 9.59 Å². The van der Waals surface area contributed by atoms with Crippen LogP contribution in [0.4, 0.5) is 0 Å². The van der Waals surface area contributed by atoms with Crippen LogP contribution in [0.3, 0.4) is 0 Å². The van der Waals surface area contributed by atoms with Gasteiger partial charge in [-0.2, -0.15) is 0 Å². The van der Waals surface area contributed by atoms with Crippen molar-refractivity contribution in [1.82, 2.24) is 20.2 Å². The number of rotatable bonds is 9. The molecule has 0 fully saturated rings. The van der Waals surface area contributed by atoms with E-state index in [0.29, 0.717) is 32.4 Å². The van der Waals surface area contributed by atoms with Crippen molar-refractivity contribution in [2.75, 3.05) is 13.1 Å². The molecule has 0 radical (unpaired) electrons. The van der Waals surface area contributed by atoms with Crippen molar-refractivity contribution in [3.63, 3.8) is 0 Å². The Morgan fingerprint density at radius 2 is 1.81 bits per heavy atom. The predicted molar refractivity (Wildman–Crippen MR) is 106 cm³/mol. The Labute approximate surface area is 161 Å². The number of benzene rings is 1. The summed E-state index contributed by atoms with van der Waals surface area (Å²) in [6.45, 7) is 7.46. The SMILES string of the molecule is CC(C)(C)C(=O)NCCCC(=O)NCCc1nccn1Cc1ccccc1. The van der Waals surface area contributed by atoms with E-state index in [1.165, 1.54) is 5.56 Å². The molecule has 2 amide bonds. The molecule has 146 valence electrons. The Hall–Kier alpha value is -2.63. The van der Waals surface area contributed by atoms with E-state index in [9.17, 15) is 9.59 Å². The lowest BCUT2D eigenvalue weighted by Crippen LogP contribution is -2.36. The Morgan fingerprint density at radius 1 is 1.07 bits per heavy atom. The zero-order chi connectivity index (χ0) is 19.7. The number of nitrogens with one attached hydrogen (secondary N) is 2. The molecular formula is C21H30N4O2. The molecule has 6 heteroatoms. The summed E-state index contributed by atoms with van der Waals surface area (Å²) in [6, 6.07) is 10.2. The van der Waals surface area contributed by atoms with Gasteiger partial charge in [0.1, 0.15) is 5.82 Å². The summed E-state index contributed by atoms with van der Waals surface area (Å²) in [5.74, 6) is 0.964. The van der Waals surface area contributed by atoms with E-state index in [2.05, 4.69) is 32.3 Å². The van der Waals surface area contributed by atoms with Gasteiger partial charge < -0.3 is 15.2 Å². The highest BCUT2D eigenvalue weighted by Crippen LogP contribution is 2.12. The first-order valence-corrected chi connectivity index (χ1v) is 9.45. The van der Waals surface area contributed by atoms with Gasteiger partial charge in [0.05, 0.1) is 0 Å². The van der Waals surface area contributed by atoms with E-state index in [0.717, 1.165) is 12.4 Å². The van der Waals surface area contributed by atoms with E-state index >= 15 is 0 Å². The summed E-state index contributed by atoms with van der Waals surface area (Å²) in [7, 11) is 0. The largest absolute Gasteiger partial charge is 0.356 e. The zero-order valence-electron chi connectivity index (χ0n) is 16.5. The Kier molecular flexibility index (Phi) is 7.58. The molecule has 0 saturated heterocycles. The van der Waals surface area contributed by atoms with Crippen molar-refractivity contribution < 1.29 is 9.59 Å². The van der Waals surface area contributed by atoms with Crippen LogP contribution in [-0.2, 0) is 22.6 Å². The van der Waals surface area contributed by atoms with Crippen molar-refractivity contribution in [2.24, 2.45) is 5.41 Å². The molecule has 0 unspecified atom stereocenters. The highest BCUT2D eigenvalue weighted by atomic mass is 16.2. The van der Waals surface area contributed by atoms with Crippen LogP contribution in [0, 0.1) is 5.41 Å². The fourth-order valence-electron chi connectivity index (χ4n) is 2.61. The first-order valence-electron chi connectivity index (χ1n) is 9.45. The van der Waals surface area contributed by atoms with Gasteiger partial charge in [-0.15, -0.1) is 0 Å². The minimum Gasteiger partial charge on any atom is -0.356 e. The van der Waals surface area contributed by atoms with Crippen LogP contribution in [0.2, 0.25) is 0 Å². The number of carbonyl (C=O) groups is 2. The lowest BCUT2D eigenvalue weighted by atomic mass is 9.96. The molecule has 1 aromatic carbocycles. The first kappa shape index (κ1) is 20.7. The summed E-state index contributed by atoms with van der Waals surface area (Å²) >= 11 is 0. The second kappa shape index (κ2) is 9.90. The number of imidazole rings is 1. The lowest BCUT2D eigenvalue weighted by Gasteiger charge is -2.17. The maximum atomic E-state index is 11.9. The Morgan fingerprint density at radius 3 is 2.52 bits per heavy atom. The van der Waals surface area contributed by atoms with Crippen LogP contribution in [0.15, 0.2) is 42.7 Å². The van der Waals surface area contributed by atoms with Crippen LogP contribution in [0.5, 0.6) is 0 Å². The minimum absolute atomic E-state index is 0.00109. The average Bonchev–Trinajstić information content (AvgIpc) is 3.05. The molecule has 0 bridgehead atoms. The summed E-state index contributed by atoms with van der Waals surface area (Å²) in [4.78, 5) is 28.1. The van der Waals surface area contributed by atoms with Crippen molar-refractivity contribution in [3.05, 3.63) is 54.1 Å². The minimum atomic E-state index is -0.399. The number of hydrogen-bond donors (Lipinski definition) is 2. The van der Waals surface area contributed by atoms with E-state index in [4.69, 9.17) is 0 Å². The Balaban J connectivity index is 1.66. The second-order valence-electron chi connectivity index (χ2n) is 7.67. The second-order valence-corrected chi connectivity index (χ2v) is 7.67. The van der Waals surface area contributed by atoms with Gasteiger partial charge in [-0.25, -0.2) is 4.98 Å². The summed E-state index contributed by atoms with van der Waals surface area (Å²) in [6.07, 6.45) is 5.48. The fraction of sp³-hybridized carbons (Fsp3) is 0.476. The molecule has 0 aliphatic heterocycles. The number of aromatic nitrogens is 2. The molecule has 2 rings (SSSR count). The lowest BCUT2D eigenvalue weighted by molar-refractivity contribution is -0.128. The van der Waals surface area contributed by atoms with E-state index < -0.39 is 5.41 Å². The van der Waals surface area contributed by atoms with Crippen LogP contribution in [0.1, 0.15) is 45.0 Å². The predicted octanol–water partition coefficient (Wildman–Crippen LogP) is 2.53. The highest BCUT2D eigenvalue weighted by molar-refractivity contribution is 5.81. The molecule has 1 aromatic heterocycles. The van der Waals surface area contributed by atoms with E-state index in [1.807, 2.05) is 45.2 Å². The van der Waals surface area contributed by atoms with Gasteiger partial charge in [0.2, 0.25) is 11.8 Å². The van der Waals surface area contributed by atoms with Gasteiger partial charge >= 0.3 is 0 Å². The zero-order valence-corrected chi connectivity index (χ0v) is 16.5. The van der Waals surface area contributed by atoms with Crippen molar-refractivity contribution in [3.8, 4) is 0 Å². The van der Waals surface area contributed by atoms with Gasteiger partial charge in [0, 0.05) is 50.3 Å². The maximum absolute atomic E-state index is 11.9. The third-order valence-corrected chi connectivity index (χ3v) is 4.22. The molecule has 27 heavy (non-hydrogen) atoms. The smallest absolute Gasteiger partial charge is 0.225 e. The molecule has 0 aliphatic carbocycles. The van der Waals surface area contributed by atoms with E-state index in [1.54, 1.807) is 6.20 Å². The summed E-state index contributed by atoms with van der Waals surface area (Å²) < 4.78 is 2.10. The molecular weight excluding hydrogens is 340 g/mol. The highest BCUT2D eigenvalue weighted by Gasteiger charge is 2.20. The molecule has 0 saturated carbocycles. The molecule has 0 aliphatic rings. The average molecular weight is 370 g/mol. The van der Waals surface area contributed by atoms with Crippen molar-refractivity contribution in [1.29, 1.82) is 0 Å². The van der Waals surface area contributed by atoms with Crippen molar-refractivity contribution in [2.45, 2.75) is 46.6 Å². The van der Waals surface area contributed by atoms with Crippen LogP contribution < -0.4 is 10.6 Å². The summed E-state index contributed by atoms with van der Waals surface area (Å²) in [5, 5.41) is 5.78. The number of nitrogens with zero attached hydrogens (tertiary/aromatic N) is 2. The maximum Gasteiger partial charge on any atom is 0.225 e. The molecule has 6 nitrogen and oxygen atoms in total. The Bertz CT molecular complexity index is 732. The van der Waals surface area contributed by atoms with Gasteiger partial charge in [0.15, 0.2) is 0 Å². The number of carbonyl (C=O) groups excluding carboxylic acids is 2. The standard InChI is InChI=1S/C21H30N4O2/c1-21(2,3)20(27)24-12-7-10-19(26)23-13-11-18-22-14-15-25(18)16-17-8-5-4-6-9-17/h4-6,8-9,14-15H,7,10-13,16H2,1-3H3,(H,23,26)(H,24,27). The fourth-order valence-corrected chi connectivity index (χ4v) is 2.61. The number of hydrogen-bond acceptors (Lipinski definition) is 3. The van der Waals surface area contributed by atoms with Gasteiger partial charge in [0.25, 0.3) is 0 Å². The van der Waals surface area contributed by atoms with Crippen LogP contribution >= 0.6 is 0 Å². The normalized spacial score (nSPS) is 11.2. The topological polar surface area (TPSA) is 76.0 Å². The van der Waals surface area contributed by atoms with Gasteiger partial charge in [-0.1, -0.05) is 51.1 Å². The molecule has 2 N–H and O–H groups in total. The summed E-state index contributed by atoms with van der Waals surface area (Å²) in [5.41, 5.74) is 0.822. The molecule has 0 atom stereocenters. The third-order valence-electron chi connectivity index (χ3n) is 4.22. The van der Waals surface area contributed by atoms with Crippen molar-refractivity contribution >= 4 is 11.8 Å².